The first kappa shape index (κ1) is 21.5. The van der Waals surface area contributed by atoms with E-state index in [1.165, 1.54) is 0 Å². The van der Waals surface area contributed by atoms with Crippen LogP contribution < -0.4 is 22.1 Å². The van der Waals surface area contributed by atoms with Crippen molar-refractivity contribution in [3.63, 3.8) is 0 Å². The highest BCUT2D eigenvalue weighted by Gasteiger charge is 1.99. The number of hydrogen-bond acceptors (Lipinski definition) is 9. The molecule has 0 saturated carbocycles. The third-order valence-electron chi connectivity index (χ3n) is 4.53. The number of nitrogens with one attached hydrogen (secondary N) is 1. The van der Waals surface area contributed by atoms with Crippen LogP contribution in [0.3, 0.4) is 0 Å². The van der Waals surface area contributed by atoms with Crippen molar-refractivity contribution in [3.8, 4) is 0 Å². The summed E-state index contributed by atoms with van der Waals surface area (Å²) >= 11 is 0. The molecule has 164 valence electrons. The van der Waals surface area contributed by atoms with Gasteiger partial charge in [0.05, 0.1) is 28.4 Å². The average molecular weight is 437 g/mol. The smallest absolute Gasteiger partial charge is 0.0858 e. The zero-order valence-corrected chi connectivity index (χ0v) is 17.5. The van der Waals surface area contributed by atoms with Gasteiger partial charge in [0.25, 0.3) is 0 Å². The third-order valence-corrected chi connectivity index (χ3v) is 4.53. The molecule has 0 amide bonds. The first-order chi connectivity index (χ1) is 16.0. The number of hydrogen-bond donors (Lipinski definition) is 3. The maximum absolute atomic E-state index is 12.3. The van der Waals surface area contributed by atoms with E-state index in [4.69, 9.17) is 11.5 Å². The highest BCUT2D eigenvalue weighted by molar-refractivity contribution is 5.60. The van der Waals surface area contributed by atoms with Gasteiger partial charge in [-0.05, 0) is 97.1 Å². The van der Waals surface area contributed by atoms with Crippen LogP contribution in [-0.2, 0) is 0 Å². The van der Waals surface area contributed by atoms with Crippen LogP contribution >= 0.6 is 0 Å². The van der Waals surface area contributed by atoms with Crippen LogP contribution in [0.5, 0.6) is 0 Å². The molecule has 5 N–H and O–H groups in total. The predicted octanol–water partition coefficient (Wildman–Crippen LogP) is 7.01. The third kappa shape index (κ3) is 6.12. The molecule has 0 radical (unpaired) electrons. The lowest BCUT2D eigenvalue weighted by Gasteiger charge is -2.31. The summed E-state index contributed by atoms with van der Waals surface area (Å²) in [5, 5.41) is 29.7. The van der Waals surface area contributed by atoms with Gasteiger partial charge < -0.3 is 27.3 Å². The topological polar surface area (TPSA) is 140 Å². The minimum Gasteiger partial charge on any atom is -0.739 e. The second kappa shape index (κ2) is 10.0. The largest absolute Gasteiger partial charge is 0.739 e. The summed E-state index contributed by atoms with van der Waals surface area (Å²) in [5.41, 5.74) is 19.1. The number of nitrogens with zero attached hydrogens (tertiary/aromatic N) is 5. The summed E-state index contributed by atoms with van der Waals surface area (Å²) in [5.74, 6) is 0. The van der Waals surface area contributed by atoms with Gasteiger partial charge >= 0.3 is 0 Å². The summed E-state index contributed by atoms with van der Waals surface area (Å²) in [7, 11) is 0. The van der Waals surface area contributed by atoms with E-state index in [9.17, 15) is 5.21 Å². The number of benzene rings is 4. The SMILES string of the molecule is Nc1ccc(N=Nc2ccc(N=Nc3ccc(N([O-])Nc4ccc(N)cc4)cc3)cc2)cc1. The summed E-state index contributed by atoms with van der Waals surface area (Å²) in [6.07, 6.45) is 0. The summed E-state index contributed by atoms with van der Waals surface area (Å²) in [4.78, 5) is 0. The zero-order valence-electron chi connectivity index (χ0n) is 17.5. The number of anilines is 4. The molecule has 0 heterocycles. The average Bonchev–Trinajstić information content (AvgIpc) is 2.85. The van der Waals surface area contributed by atoms with Crippen LogP contribution in [0.15, 0.2) is 118 Å². The van der Waals surface area contributed by atoms with Gasteiger partial charge in [-0.2, -0.15) is 20.5 Å². The van der Waals surface area contributed by atoms with Crippen molar-refractivity contribution in [2.45, 2.75) is 0 Å². The van der Waals surface area contributed by atoms with Crippen LogP contribution in [0.2, 0.25) is 0 Å². The Hall–Kier alpha value is -4.76. The molecular weight excluding hydrogens is 416 g/mol. The normalized spacial score (nSPS) is 11.2. The van der Waals surface area contributed by atoms with Crippen LogP contribution in [0.4, 0.5) is 45.5 Å². The number of rotatable bonds is 7. The van der Waals surface area contributed by atoms with E-state index in [1.807, 2.05) is 0 Å². The van der Waals surface area contributed by atoms with Crippen molar-refractivity contribution in [2.24, 2.45) is 20.5 Å². The van der Waals surface area contributed by atoms with Crippen LogP contribution in [0, 0.1) is 5.21 Å². The van der Waals surface area contributed by atoms with E-state index in [0.717, 1.165) is 5.69 Å². The minimum atomic E-state index is 0.432. The maximum atomic E-state index is 12.3. The number of azo groups is 2. The van der Waals surface area contributed by atoms with E-state index in [0.29, 0.717) is 45.0 Å². The molecule has 0 fully saturated rings. The molecule has 0 aromatic heterocycles. The molecule has 4 aromatic rings. The van der Waals surface area contributed by atoms with Crippen molar-refractivity contribution in [1.29, 1.82) is 0 Å². The molecule has 0 atom stereocenters. The van der Waals surface area contributed by atoms with E-state index in [2.05, 4.69) is 25.9 Å². The van der Waals surface area contributed by atoms with Crippen molar-refractivity contribution >= 4 is 45.5 Å². The molecule has 4 rings (SSSR count). The summed E-state index contributed by atoms with van der Waals surface area (Å²) in [6.45, 7) is 0. The predicted molar refractivity (Wildman–Crippen MR) is 132 cm³/mol. The Kier molecular flexibility index (Phi) is 6.53. The molecule has 0 bridgehead atoms. The van der Waals surface area contributed by atoms with Gasteiger partial charge in [0.1, 0.15) is 0 Å². The molecule has 0 aliphatic rings. The molecular formula is C24H21N8O-. The quantitative estimate of drug-likeness (QED) is 0.162. The van der Waals surface area contributed by atoms with Gasteiger partial charge in [-0.25, -0.2) is 0 Å². The van der Waals surface area contributed by atoms with Gasteiger partial charge in [-0.3, -0.25) is 0 Å². The van der Waals surface area contributed by atoms with Crippen LogP contribution in [-0.4, -0.2) is 0 Å². The second-order valence-corrected chi connectivity index (χ2v) is 7.05. The fourth-order valence-corrected chi connectivity index (χ4v) is 2.75. The summed E-state index contributed by atoms with van der Waals surface area (Å²) < 4.78 is 0. The van der Waals surface area contributed by atoms with Crippen LogP contribution in [0.1, 0.15) is 0 Å². The van der Waals surface area contributed by atoms with Crippen molar-refractivity contribution in [1.82, 2.24) is 0 Å². The minimum absolute atomic E-state index is 0.432. The first-order valence-corrected chi connectivity index (χ1v) is 10.0. The van der Waals surface area contributed by atoms with Crippen molar-refractivity contribution < 1.29 is 0 Å². The van der Waals surface area contributed by atoms with E-state index in [1.54, 1.807) is 97.1 Å². The van der Waals surface area contributed by atoms with E-state index in [-0.39, 0.29) is 0 Å². The highest BCUT2D eigenvalue weighted by Crippen LogP contribution is 2.25. The second-order valence-electron chi connectivity index (χ2n) is 7.05. The fraction of sp³-hybridized carbons (Fsp3) is 0. The maximum Gasteiger partial charge on any atom is 0.0858 e. The Labute approximate surface area is 190 Å². The Balaban J connectivity index is 1.34. The van der Waals surface area contributed by atoms with Crippen molar-refractivity contribution in [3.05, 3.63) is 102 Å². The van der Waals surface area contributed by atoms with Gasteiger partial charge in [0.15, 0.2) is 0 Å². The zero-order chi connectivity index (χ0) is 23.0. The molecule has 0 aliphatic carbocycles. The number of hydrazine groups is 1. The van der Waals surface area contributed by atoms with E-state index >= 15 is 0 Å². The highest BCUT2D eigenvalue weighted by atomic mass is 16.5. The van der Waals surface area contributed by atoms with Crippen LogP contribution in [0.25, 0.3) is 0 Å². The van der Waals surface area contributed by atoms with Gasteiger partial charge in [-0.1, -0.05) is 0 Å². The standard InChI is InChI=1S/C24H21N8O/c25-17-1-5-19(6-2-17)27-28-20-9-11-21(12-10-20)29-30-22-13-15-24(16-14-22)32(33)31-23-7-3-18(26)4-8-23/h1-16,31H,25-26H2/q-1. The van der Waals surface area contributed by atoms with Crippen molar-refractivity contribution in [2.75, 3.05) is 22.1 Å². The van der Waals surface area contributed by atoms with Gasteiger partial charge in [0.2, 0.25) is 0 Å². The number of nitrogens with two attached hydrogens (primary N) is 2. The molecule has 9 nitrogen and oxygen atoms in total. The molecule has 0 unspecified atom stereocenters. The molecule has 9 heteroatoms. The van der Waals surface area contributed by atoms with E-state index < -0.39 is 0 Å². The molecule has 4 aromatic carbocycles. The fourth-order valence-electron chi connectivity index (χ4n) is 2.75. The lowest BCUT2D eigenvalue weighted by atomic mass is 10.3. The lowest BCUT2D eigenvalue weighted by molar-refractivity contribution is 1.16. The molecule has 0 spiro atoms. The monoisotopic (exact) mass is 437 g/mol. The summed E-state index contributed by atoms with van der Waals surface area (Å²) in [6, 6.07) is 28.0. The Morgan fingerprint density at radius 3 is 1.27 bits per heavy atom. The Bertz CT molecular complexity index is 1240. The Morgan fingerprint density at radius 2 is 0.848 bits per heavy atom. The molecule has 0 aliphatic heterocycles. The molecule has 0 saturated heterocycles. The first-order valence-electron chi connectivity index (χ1n) is 10.0. The van der Waals surface area contributed by atoms with Gasteiger partial charge in [0, 0.05) is 17.1 Å². The lowest BCUT2D eigenvalue weighted by Crippen LogP contribution is -2.22. The molecule has 33 heavy (non-hydrogen) atoms. The Morgan fingerprint density at radius 1 is 0.515 bits per heavy atom. The van der Waals surface area contributed by atoms with Gasteiger partial charge in [-0.15, -0.1) is 0 Å². The number of nitrogen functional groups attached to an aromatic ring is 2.